The lowest BCUT2D eigenvalue weighted by Gasteiger charge is -2.29. The molecule has 41 heavy (non-hydrogen) atoms. The lowest BCUT2D eigenvalue weighted by atomic mass is 9.82. The van der Waals surface area contributed by atoms with Crippen LogP contribution in [0.15, 0.2) is 94.6 Å². The van der Waals surface area contributed by atoms with E-state index in [9.17, 15) is 14.9 Å². The normalized spacial score (nSPS) is 14.5. The molecule has 0 fully saturated rings. The molecule has 0 radical (unpaired) electrons. The predicted molar refractivity (Wildman–Crippen MR) is 159 cm³/mol. The van der Waals surface area contributed by atoms with Crippen LogP contribution >= 0.6 is 23.1 Å². The van der Waals surface area contributed by atoms with Gasteiger partial charge in [-0.05, 0) is 30.2 Å². The lowest BCUT2D eigenvalue weighted by molar-refractivity contribution is -0.138. The quantitative estimate of drug-likeness (QED) is 0.208. The van der Waals surface area contributed by atoms with Crippen LogP contribution in [-0.4, -0.2) is 36.3 Å². The maximum Gasteiger partial charge on any atom is 0.337 e. The average molecular weight is 589 g/mol. The predicted octanol–water partition coefficient (Wildman–Crippen LogP) is 5.53. The van der Waals surface area contributed by atoms with Crippen molar-refractivity contribution in [2.45, 2.75) is 19.4 Å². The SMILES string of the molecule is C=CCOC(=O)C1=C(C)NC(SCC(=O)Nc2nccs2)=C(C#N)[C@H]1c1ccc(OCc2ccccc2)c(OC)c1. The van der Waals surface area contributed by atoms with Crippen molar-refractivity contribution < 1.29 is 23.8 Å². The molecular formula is C30H28N4O5S2. The summed E-state index contributed by atoms with van der Waals surface area (Å²) in [6.07, 6.45) is 3.08. The van der Waals surface area contributed by atoms with Crippen LogP contribution < -0.4 is 20.1 Å². The minimum Gasteiger partial charge on any atom is -0.493 e. The second kappa shape index (κ2) is 14.2. The van der Waals surface area contributed by atoms with E-state index in [0.717, 1.165) is 5.56 Å². The Bertz CT molecular complexity index is 1510. The van der Waals surface area contributed by atoms with Crippen molar-refractivity contribution in [3.05, 3.63) is 106 Å². The van der Waals surface area contributed by atoms with Crippen LogP contribution in [0.5, 0.6) is 11.5 Å². The molecule has 2 heterocycles. The number of hydrogen-bond acceptors (Lipinski definition) is 10. The van der Waals surface area contributed by atoms with E-state index in [-0.39, 0.29) is 29.4 Å². The number of anilines is 1. The molecule has 1 aromatic heterocycles. The van der Waals surface area contributed by atoms with Gasteiger partial charge in [-0.2, -0.15) is 5.26 Å². The Hall–Kier alpha value is -4.53. The zero-order valence-corrected chi connectivity index (χ0v) is 24.1. The first kappa shape index (κ1) is 29.5. The molecule has 3 aromatic rings. The van der Waals surface area contributed by atoms with E-state index in [1.807, 2.05) is 30.3 Å². The average Bonchev–Trinajstić information content (AvgIpc) is 3.50. The van der Waals surface area contributed by atoms with Crippen LogP contribution in [0.4, 0.5) is 5.13 Å². The van der Waals surface area contributed by atoms with Gasteiger partial charge < -0.3 is 24.8 Å². The molecule has 11 heteroatoms. The summed E-state index contributed by atoms with van der Waals surface area (Å²) < 4.78 is 17.0. The largest absolute Gasteiger partial charge is 0.493 e. The summed E-state index contributed by atoms with van der Waals surface area (Å²) in [7, 11) is 1.53. The van der Waals surface area contributed by atoms with Gasteiger partial charge in [-0.1, -0.05) is 60.8 Å². The first-order valence-electron chi connectivity index (χ1n) is 12.5. The number of dihydropyridines is 1. The van der Waals surface area contributed by atoms with Crippen LogP contribution in [0.3, 0.4) is 0 Å². The summed E-state index contributed by atoms with van der Waals surface area (Å²) in [6.45, 7) is 5.70. The maximum atomic E-state index is 13.2. The molecular weight excluding hydrogens is 560 g/mol. The van der Waals surface area contributed by atoms with Crippen molar-refractivity contribution in [1.29, 1.82) is 5.26 Å². The third-order valence-electron chi connectivity index (χ3n) is 5.98. The number of nitrogens with one attached hydrogen (secondary N) is 2. The van der Waals surface area contributed by atoms with Crippen LogP contribution in [0, 0.1) is 11.3 Å². The van der Waals surface area contributed by atoms with Gasteiger partial charge in [-0.15, -0.1) is 11.3 Å². The Balaban J connectivity index is 1.66. The third-order valence-corrected chi connectivity index (χ3v) is 7.69. The number of thioether (sulfide) groups is 1. The van der Waals surface area contributed by atoms with Gasteiger partial charge in [0.2, 0.25) is 5.91 Å². The van der Waals surface area contributed by atoms with Crippen molar-refractivity contribution >= 4 is 40.1 Å². The Kier molecular flexibility index (Phi) is 10.2. The van der Waals surface area contributed by atoms with Crippen LogP contribution in [0.2, 0.25) is 0 Å². The van der Waals surface area contributed by atoms with Gasteiger partial charge >= 0.3 is 5.97 Å². The van der Waals surface area contributed by atoms with Gasteiger partial charge in [0.25, 0.3) is 0 Å². The van der Waals surface area contributed by atoms with Crippen molar-refractivity contribution in [3.8, 4) is 17.6 Å². The molecule has 4 rings (SSSR count). The number of benzene rings is 2. The van der Waals surface area contributed by atoms with E-state index in [1.54, 1.807) is 36.7 Å². The number of ether oxygens (including phenoxy) is 3. The topological polar surface area (TPSA) is 123 Å². The number of hydrogen-bond donors (Lipinski definition) is 2. The number of nitriles is 1. The molecule has 9 nitrogen and oxygen atoms in total. The van der Waals surface area contributed by atoms with Crippen LogP contribution in [0.25, 0.3) is 0 Å². The van der Waals surface area contributed by atoms with E-state index in [4.69, 9.17) is 14.2 Å². The van der Waals surface area contributed by atoms with Crippen molar-refractivity contribution in [1.82, 2.24) is 10.3 Å². The fraction of sp³-hybridized carbons (Fsp3) is 0.200. The van der Waals surface area contributed by atoms with E-state index in [0.29, 0.717) is 39.5 Å². The zero-order chi connectivity index (χ0) is 29.2. The molecule has 0 saturated carbocycles. The van der Waals surface area contributed by atoms with Gasteiger partial charge in [0.15, 0.2) is 16.6 Å². The summed E-state index contributed by atoms with van der Waals surface area (Å²) in [5, 5.41) is 18.9. The highest BCUT2D eigenvalue weighted by molar-refractivity contribution is 8.03. The van der Waals surface area contributed by atoms with E-state index < -0.39 is 11.9 Å². The molecule has 0 saturated heterocycles. The summed E-state index contributed by atoms with van der Waals surface area (Å²) >= 11 is 2.48. The van der Waals surface area contributed by atoms with E-state index >= 15 is 0 Å². The van der Waals surface area contributed by atoms with Gasteiger partial charge in [0.1, 0.15) is 13.2 Å². The number of aromatic nitrogens is 1. The lowest BCUT2D eigenvalue weighted by Crippen LogP contribution is -2.29. The van der Waals surface area contributed by atoms with Gasteiger partial charge in [0, 0.05) is 17.3 Å². The summed E-state index contributed by atoms with van der Waals surface area (Å²) in [5.74, 6) is -0.641. The summed E-state index contributed by atoms with van der Waals surface area (Å²) in [6, 6.07) is 17.3. The second-order valence-electron chi connectivity index (χ2n) is 8.70. The Morgan fingerprint density at radius 2 is 2.05 bits per heavy atom. The minimum atomic E-state index is -0.778. The molecule has 210 valence electrons. The molecule has 1 aliphatic rings. The molecule has 1 amide bonds. The van der Waals surface area contributed by atoms with Crippen molar-refractivity contribution in [3.63, 3.8) is 0 Å². The number of thiazole rings is 1. The standard InChI is InChI=1S/C30H28N4O5S2/c1-4-13-38-29(36)26-19(2)33-28(41-18-25(35)34-30-32-12-14-40-30)22(16-31)27(26)21-10-11-23(24(15-21)37-3)39-17-20-8-6-5-7-9-20/h4-12,14-15,27,33H,1,13,17-18H2,2-3H3,(H,32,34,35)/t27-/m1/s1. The highest BCUT2D eigenvalue weighted by Gasteiger charge is 2.36. The highest BCUT2D eigenvalue weighted by Crippen LogP contribution is 2.43. The van der Waals surface area contributed by atoms with Crippen molar-refractivity contribution in [2.24, 2.45) is 0 Å². The molecule has 2 aromatic carbocycles. The molecule has 1 atom stereocenters. The number of allylic oxidation sites excluding steroid dienone is 2. The summed E-state index contributed by atoms with van der Waals surface area (Å²) in [4.78, 5) is 29.8. The molecule has 2 N–H and O–H groups in total. The van der Waals surface area contributed by atoms with Gasteiger partial charge in [-0.25, -0.2) is 9.78 Å². The number of carbonyl (C=O) groups is 2. The number of esters is 1. The fourth-order valence-corrected chi connectivity index (χ4v) is 5.58. The fourth-order valence-electron chi connectivity index (χ4n) is 4.14. The number of nitrogens with zero attached hydrogens (tertiary/aromatic N) is 2. The molecule has 1 aliphatic heterocycles. The van der Waals surface area contributed by atoms with Crippen molar-refractivity contribution in [2.75, 3.05) is 24.8 Å². The number of methoxy groups -OCH3 is 1. The number of carbonyl (C=O) groups excluding carboxylic acids is 2. The van der Waals surface area contributed by atoms with E-state index in [1.165, 1.54) is 36.3 Å². The summed E-state index contributed by atoms with van der Waals surface area (Å²) in [5.41, 5.74) is 2.68. The third kappa shape index (κ3) is 7.36. The monoisotopic (exact) mass is 588 g/mol. The number of amides is 1. The van der Waals surface area contributed by atoms with Crippen LogP contribution in [0.1, 0.15) is 24.0 Å². The highest BCUT2D eigenvalue weighted by atomic mass is 32.2. The maximum absolute atomic E-state index is 13.2. The van der Waals surface area contributed by atoms with E-state index in [2.05, 4.69) is 28.3 Å². The van der Waals surface area contributed by atoms with Gasteiger partial charge in [0.05, 0.1) is 41.0 Å². The Labute approximate surface area is 246 Å². The number of rotatable bonds is 12. The molecule has 0 unspecified atom stereocenters. The zero-order valence-electron chi connectivity index (χ0n) is 22.5. The molecule has 0 spiro atoms. The minimum absolute atomic E-state index is 0.0159. The first-order chi connectivity index (χ1) is 19.9. The molecule has 0 aliphatic carbocycles. The Morgan fingerprint density at radius 1 is 1.24 bits per heavy atom. The molecule has 0 bridgehead atoms. The first-order valence-corrected chi connectivity index (χ1v) is 14.4. The van der Waals surface area contributed by atoms with Gasteiger partial charge in [-0.3, -0.25) is 4.79 Å². The van der Waals surface area contributed by atoms with Crippen LogP contribution in [-0.2, 0) is 20.9 Å². The Morgan fingerprint density at radius 3 is 2.73 bits per heavy atom. The smallest absolute Gasteiger partial charge is 0.337 e. The second-order valence-corrected chi connectivity index (χ2v) is 10.6.